The molecule has 1 amide bonds. The molecular formula is C16H21ClN5O2-. The maximum absolute atomic E-state index is 12.5. The second-order valence-corrected chi connectivity index (χ2v) is 5.65. The number of H-pyrrole nitrogens is 1. The lowest BCUT2D eigenvalue weighted by molar-refractivity contribution is -0.0000137. The van der Waals surface area contributed by atoms with Gasteiger partial charge in [-0.3, -0.25) is 9.69 Å². The summed E-state index contributed by atoms with van der Waals surface area (Å²) in [5.74, 6) is 0.343. The number of fused-ring (bicyclic) bond motifs is 1. The van der Waals surface area contributed by atoms with E-state index in [-0.39, 0.29) is 18.3 Å². The molecule has 1 aliphatic rings. The summed E-state index contributed by atoms with van der Waals surface area (Å²) in [7, 11) is 1.54. The van der Waals surface area contributed by atoms with Gasteiger partial charge in [0.05, 0.1) is 12.7 Å². The van der Waals surface area contributed by atoms with Crippen molar-refractivity contribution in [2.45, 2.75) is 18.9 Å². The number of hydrogen-bond acceptors (Lipinski definition) is 5. The number of nitrogens with zero attached hydrogens (tertiary/aromatic N) is 3. The first kappa shape index (κ1) is 18.2. The molecule has 0 bridgehead atoms. The molecule has 1 aromatic heterocycles. The van der Waals surface area contributed by atoms with Gasteiger partial charge in [0.25, 0.3) is 5.91 Å². The van der Waals surface area contributed by atoms with Gasteiger partial charge in [-0.1, -0.05) is 6.08 Å². The Bertz CT molecular complexity index is 718. The quantitative estimate of drug-likeness (QED) is 0.610. The highest BCUT2D eigenvalue weighted by Crippen LogP contribution is 2.23. The number of aromatic amines is 1. The molecule has 0 saturated carbocycles. The Kier molecular flexibility index (Phi) is 6.16. The molecule has 0 aliphatic carbocycles. The predicted octanol–water partition coefficient (Wildman–Crippen LogP) is -1.65. The Morgan fingerprint density at radius 3 is 2.96 bits per heavy atom. The SMILES string of the molecule is C=CCN1CCCC1CNC(=O)c1cc2n[nH]nc2cc1OC.[Cl-]. The minimum absolute atomic E-state index is 0. The molecule has 1 aliphatic heterocycles. The van der Waals surface area contributed by atoms with E-state index in [0.29, 0.717) is 34.9 Å². The first-order valence-corrected chi connectivity index (χ1v) is 7.74. The number of aromatic nitrogens is 3. The normalized spacial score (nSPS) is 17.5. The van der Waals surface area contributed by atoms with Crippen LogP contribution in [-0.4, -0.2) is 59.0 Å². The van der Waals surface area contributed by atoms with E-state index in [4.69, 9.17) is 4.74 Å². The summed E-state index contributed by atoms with van der Waals surface area (Å²) >= 11 is 0. The number of carbonyl (C=O) groups is 1. The smallest absolute Gasteiger partial charge is 0.255 e. The van der Waals surface area contributed by atoms with Crippen molar-refractivity contribution in [3.63, 3.8) is 0 Å². The standard InChI is InChI=1S/C16H21N5O2.ClH/c1-3-6-21-7-4-5-11(21)10-17-16(22)12-8-13-14(19-20-18-13)9-15(12)23-2;/h3,8-9,11H,1,4-7,10H2,2H3,(H,17,22)(H,18,19,20);1H/p-1. The Labute approximate surface area is 146 Å². The molecular weight excluding hydrogens is 330 g/mol. The third-order valence-electron chi connectivity index (χ3n) is 4.24. The van der Waals surface area contributed by atoms with Crippen molar-refractivity contribution < 1.29 is 21.9 Å². The molecule has 2 N–H and O–H groups in total. The lowest BCUT2D eigenvalue weighted by atomic mass is 10.1. The average Bonchev–Trinajstić information content (AvgIpc) is 3.20. The van der Waals surface area contributed by atoms with Crippen molar-refractivity contribution in [2.24, 2.45) is 0 Å². The number of carbonyl (C=O) groups excluding carboxylic acids is 1. The molecule has 24 heavy (non-hydrogen) atoms. The van der Waals surface area contributed by atoms with E-state index >= 15 is 0 Å². The van der Waals surface area contributed by atoms with Crippen molar-refractivity contribution in [3.05, 3.63) is 30.4 Å². The van der Waals surface area contributed by atoms with Crippen LogP contribution in [0.25, 0.3) is 11.0 Å². The van der Waals surface area contributed by atoms with Crippen LogP contribution in [0.5, 0.6) is 5.75 Å². The topological polar surface area (TPSA) is 83.1 Å². The zero-order valence-electron chi connectivity index (χ0n) is 13.6. The van der Waals surface area contributed by atoms with Crippen molar-refractivity contribution >= 4 is 16.9 Å². The third kappa shape index (κ3) is 3.68. The first-order valence-electron chi connectivity index (χ1n) is 7.74. The molecule has 1 aromatic carbocycles. The Balaban J connectivity index is 0.00000208. The highest BCUT2D eigenvalue weighted by Gasteiger charge is 2.24. The summed E-state index contributed by atoms with van der Waals surface area (Å²) in [6.07, 6.45) is 4.15. The van der Waals surface area contributed by atoms with Crippen LogP contribution in [0, 0.1) is 0 Å². The number of amides is 1. The Morgan fingerprint density at radius 2 is 2.25 bits per heavy atom. The summed E-state index contributed by atoms with van der Waals surface area (Å²) in [6, 6.07) is 3.77. The molecule has 1 unspecified atom stereocenters. The fourth-order valence-corrected chi connectivity index (χ4v) is 3.05. The first-order chi connectivity index (χ1) is 11.2. The van der Waals surface area contributed by atoms with Gasteiger partial charge in [-0.2, -0.15) is 15.4 Å². The number of rotatable bonds is 6. The van der Waals surface area contributed by atoms with E-state index < -0.39 is 0 Å². The summed E-state index contributed by atoms with van der Waals surface area (Å²) in [6.45, 7) is 6.32. The van der Waals surface area contributed by atoms with Gasteiger partial charge >= 0.3 is 0 Å². The van der Waals surface area contributed by atoms with Crippen LogP contribution >= 0.6 is 0 Å². The van der Waals surface area contributed by atoms with Crippen molar-refractivity contribution in [3.8, 4) is 5.75 Å². The van der Waals surface area contributed by atoms with Crippen LogP contribution in [0.15, 0.2) is 24.8 Å². The van der Waals surface area contributed by atoms with Crippen LogP contribution in [0.4, 0.5) is 0 Å². The average molecular weight is 351 g/mol. The summed E-state index contributed by atoms with van der Waals surface area (Å²) in [5, 5.41) is 13.6. The number of halogens is 1. The number of benzene rings is 1. The van der Waals surface area contributed by atoms with Crippen molar-refractivity contribution in [1.82, 2.24) is 25.6 Å². The molecule has 8 heteroatoms. The van der Waals surface area contributed by atoms with Crippen molar-refractivity contribution in [2.75, 3.05) is 26.7 Å². The summed E-state index contributed by atoms with van der Waals surface area (Å²) in [5.41, 5.74) is 1.79. The molecule has 0 radical (unpaired) electrons. The van der Waals surface area contributed by atoms with Gasteiger partial charge in [0.1, 0.15) is 16.8 Å². The van der Waals surface area contributed by atoms with E-state index in [1.54, 1.807) is 19.2 Å². The Hall–Kier alpha value is -2.12. The zero-order valence-corrected chi connectivity index (χ0v) is 14.3. The maximum Gasteiger partial charge on any atom is 0.255 e. The minimum atomic E-state index is -0.155. The lowest BCUT2D eigenvalue weighted by Crippen LogP contribution is -3.00. The lowest BCUT2D eigenvalue weighted by Gasteiger charge is -2.23. The second kappa shape index (κ2) is 8.12. The highest BCUT2D eigenvalue weighted by molar-refractivity contribution is 6.00. The van der Waals surface area contributed by atoms with E-state index in [1.807, 2.05) is 6.08 Å². The molecule has 1 saturated heterocycles. The van der Waals surface area contributed by atoms with Gasteiger partial charge in [-0.15, -0.1) is 6.58 Å². The molecule has 2 heterocycles. The summed E-state index contributed by atoms with van der Waals surface area (Å²) < 4.78 is 5.31. The van der Waals surface area contributed by atoms with Crippen LogP contribution in [0.2, 0.25) is 0 Å². The molecule has 3 rings (SSSR count). The maximum atomic E-state index is 12.5. The fourth-order valence-electron chi connectivity index (χ4n) is 3.05. The molecule has 0 spiro atoms. The number of hydrogen-bond donors (Lipinski definition) is 2. The van der Waals surface area contributed by atoms with E-state index in [9.17, 15) is 4.79 Å². The van der Waals surface area contributed by atoms with Gasteiger partial charge in [0.15, 0.2) is 0 Å². The fraction of sp³-hybridized carbons (Fsp3) is 0.438. The number of ether oxygens (including phenoxy) is 1. The van der Waals surface area contributed by atoms with Crippen LogP contribution in [0.1, 0.15) is 23.2 Å². The molecule has 1 fully saturated rings. The van der Waals surface area contributed by atoms with E-state index in [0.717, 1.165) is 25.9 Å². The van der Waals surface area contributed by atoms with Crippen LogP contribution < -0.4 is 22.5 Å². The molecule has 130 valence electrons. The second-order valence-electron chi connectivity index (χ2n) is 5.65. The number of likely N-dealkylation sites (tertiary alicyclic amines) is 1. The third-order valence-corrected chi connectivity index (χ3v) is 4.24. The largest absolute Gasteiger partial charge is 1.00 e. The molecule has 7 nitrogen and oxygen atoms in total. The van der Waals surface area contributed by atoms with Gasteiger partial charge < -0.3 is 22.5 Å². The monoisotopic (exact) mass is 350 g/mol. The van der Waals surface area contributed by atoms with Gasteiger partial charge in [0, 0.05) is 25.2 Å². The van der Waals surface area contributed by atoms with Crippen LogP contribution in [-0.2, 0) is 0 Å². The van der Waals surface area contributed by atoms with E-state index in [1.165, 1.54) is 0 Å². The number of nitrogens with one attached hydrogen (secondary N) is 2. The predicted molar refractivity (Wildman–Crippen MR) is 87.6 cm³/mol. The van der Waals surface area contributed by atoms with Gasteiger partial charge in [0.2, 0.25) is 0 Å². The summed E-state index contributed by atoms with van der Waals surface area (Å²) in [4.78, 5) is 14.9. The molecule has 2 aromatic rings. The minimum Gasteiger partial charge on any atom is -1.00 e. The number of methoxy groups -OCH3 is 1. The van der Waals surface area contributed by atoms with Gasteiger partial charge in [-0.25, -0.2) is 0 Å². The molecule has 1 atom stereocenters. The van der Waals surface area contributed by atoms with Crippen molar-refractivity contribution in [1.29, 1.82) is 0 Å². The van der Waals surface area contributed by atoms with E-state index in [2.05, 4.69) is 32.2 Å². The van der Waals surface area contributed by atoms with Crippen LogP contribution in [0.3, 0.4) is 0 Å². The van der Waals surface area contributed by atoms with Gasteiger partial charge in [-0.05, 0) is 25.5 Å². The Morgan fingerprint density at radius 1 is 1.50 bits per heavy atom. The highest BCUT2D eigenvalue weighted by atomic mass is 35.5. The zero-order chi connectivity index (χ0) is 16.2.